The molecule has 3 unspecified atom stereocenters. The summed E-state index contributed by atoms with van der Waals surface area (Å²) in [6, 6.07) is 0.0263. The maximum absolute atomic E-state index is 12.0. The fourth-order valence-corrected chi connectivity index (χ4v) is 1.82. The molecule has 4 nitrogen and oxygen atoms in total. The molecule has 0 aromatic heterocycles. The van der Waals surface area contributed by atoms with Crippen LogP contribution in [0.2, 0.25) is 0 Å². The van der Waals surface area contributed by atoms with Gasteiger partial charge in [0.15, 0.2) is 0 Å². The fourth-order valence-electron chi connectivity index (χ4n) is 1.82. The van der Waals surface area contributed by atoms with E-state index in [1.807, 2.05) is 13.8 Å². The Morgan fingerprint density at radius 2 is 2.40 bits per heavy atom. The van der Waals surface area contributed by atoms with Crippen molar-refractivity contribution in [3.05, 3.63) is 0 Å². The highest BCUT2D eigenvalue weighted by atomic mass is 16.5. The summed E-state index contributed by atoms with van der Waals surface area (Å²) < 4.78 is 5.25. The topological polar surface area (TPSA) is 64.3 Å². The summed E-state index contributed by atoms with van der Waals surface area (Å²) in [5.74, 6) is 0.0217. The van der Waals surface area contributed by atoms with Crippen LogP contribution in [0.4, 0.5) is 0 Å². The van der Waals surface area contributed by atoms with Crippen LogP contribution >= 0.6 is 0 Å². The summed E-state index contributed by atoms with van der Waals surface area (Å²) in [7, 11) is 0. The molecular weight excluding hydrogens is 192 g/mol. The van der Waals surface area contributed by atoms with Gasteiger partial charge in [0, 0.05) is 12.1 Å². The fraction of sp³-hybridized carbons (Fsp3) is 0.909. The van der Waals surface area contributed by atoms with Crippen LogP contribution in [0, 0.1) is 5.41 Å². The minimum atomic E-state index is -0.554. The van der Waals surface area contributed by atoms with Crippen molar-refractivity contribution in [1.29, 1.82) is 0 Å². The molecule has 0 saturated carbocycles. The molecule has 3 atom stereocenters. The number of hydrogen-bond acceptors (Lipinski definition) is 3. The standard InChI is InChI=1S/C11H22N2O2/c1-4-5-8(2)13-10(14)11(3)7-15-6-9(11)12/h8-9H,4-7,12H2,1-3H3,(H,13,14). The Balaban J connectivity index is 2.52. The van der Waals surface area contributed by atoms with Crippen molar-refractivity contribution in [2.45, 2.75) is 45.7 Å². The van der Waals surface area contributed by atoms with Gasteiger partial charge in [0.05, 0.1) is 18.6 Å². The number of hydrogen-bond donors (Lipinski definition) is 2. The lowest BCUT2D eigenvalue weighted by atomic mass is 9.84. The summed E-state index contributed by atoms with van der Waals surface area (Å²) in [6.07, 6.45) is 2.07. The number of nitrogens with one attached hydrogen (secondary N) is 1. The van der Waals surface area contributed by atoms with Crippen LogP contribution in [0.5, 0.6) is 0 Å². The normalized spacial score (nSPS) is 32.7. The smallest absolute Gasteiger partial charge is 0.230 e. The average Bonchev–Trinajstić information content (AvgIpc) is 2.48. The second kappa shape index (κ2) is 4.94. The van der Waals surface area contributed by atoms with Gasteiger partial charge in [0.2, 0.25) is 5.91 Å². The predicted molar refractivity (Wildman–Crippen MR) is 59.4 cm³/mol. The summed E-state index contributed by atoms with van der Waals surface area (Å²) in [5.41, 5.74) is 5.32. The maximum Gasteiger partial charge on any atom is 0.230 e. The van der Waals surface area contributed by atoms with Crippen LogP contribution in [-0.4, -0.2) is 31.2 Å². The molecule has 1 amide bonds. The first-order valence-electron chi connectivity index (χ1n) is 5.65. The number of amides is 1. The predicted octanol–water partition coefficient (Wildman–Crippen LogP) is 0.655. The van der Waals surface area contributed by atoms with E-state index in [-0.39, 0.29) is 18.0 Å². The Kier molecular flexibility index (Phi) is 4.11. The van der Waals surface area contributed by atoms with E-state index in [9.17, 15) is 4.79 Å². The first kappa shape index (κ1) is 12.5. The van der Waals surface area contributed by atoms with Gasteiger partial charge in [-0.25, -0.2) is 0 Å². The Morgan fingerprint density at radius 3 is 2.87 bits per heavy atom. The highest BCUT2D eigenvalue weighted by molar-refractivity contribution is 5.83. The van der Waals surface area contributed by atoms with E-state index in [0.29, 0.717) is 13.2 Å². The SMILES string of the molecule is CCCC(C)NC(=O)C1(C)COCC1N. The third-order valence-electron chi connectivity index (χ3n) is 3.14. The quantitative estimate of drug-likeness (QED) is 0.722. The molecule has 1 saturated heterocycles. The average molecular weight is 214 g/mol. The van der Waals surface area contributed by atoms with Gasteiger partial charge in [-0.05, 0) is 20.3 Å². The van der Waals surface area contributed by atoms with Gasteiger partial charge in [-0.15, -0.1) is 0 Å². The lowest BCUT2D eigenvalue weighted by Crippen LogP contribution is -2.51. The van der Waals surface area contributed by atoms with Gasteiger partial charge >= 0.3 is 0 Å². The lowest BCUT2D eigenvalue weighted by molar-refractivity contribution is -0.131. The van der Waals surface area contributed by atoms with Crippen LogP contribution in [-0.2, 0) is 9.53 Å². The second-order valence-electron chi connectivity index (χ2n) is 4.70. The zero-order valence-electron chi connectivity index (χ0n) is 9.88. The van der Waals surface area contributed by atoms with Crippen LogP contribution in [0.3, 0.4) is 0 Å². The molecule has 3 N–H and O–H groups in total. The molecule has 1 rings (SSSR count). The van der Waals surface area contributed by atoms with Crippen LogP contribution in [0.1, 0.15) is 33.6 Å². The van der Waals surface area contributed by atoms with E-state index in [1.165, 1.54) is 0 Å². The van der Waals surface area contributed by atoms with Crippen LogP contribution in [0.15, 0.2) is 0 Å². The highest BCUT2D eigenvalue weighted by Crippen LogP contribution is 2.27. The summed E-state index contributed by atoms with van der Waals surface area (Å²) in [4.78, 5) is 12.0. The van der Waals surface area contributed by atoms with Crippen molar-refractivity contribution in [3.63, 3.8) is 0 Å². The van der Waals surface area contributed by atoms with Crippen molar-refractivity contribution < 1.29 is 9.53 Å². The molecular formula is C11H22N2O2. The van der Waals surface area contributed by atoms with E-state index in [0.717, 1.165) is 12.8 Å². The molecule has 0 spiro atoms. The van der Waals surface area contributed by atoms with E-state index >= 15 is 0 Å². The number of carbonyl (C=O) groups is 1. The Morgan fingerprint density at radius 1 is 1.73 bits per heavy atom. The number of nitrogens with two attached hydrogens (primary N) is 1. The zero-order chi connectivity index (χ0) is 11.5. The van der Waals surface area contributed by atoms with Crippen molar-refractivity contribution in [3.8, 4) is 0 Å². The van der Waals surface area contributed by atoms with Gasteiger partial charge in [0.1, 0.15) is 0 Å². The van der Waals surface area contributed by atoms with Gasteiger partial charge in [-0.3, -0.25) is 4.79 Å². The molecule has 0 aromatic carbocycles. The van der Waals surface area contributed by atoms with E-state index < -0.39 is 5.41 Å². The third-order valence-corrected chi connectivity index (χ3v) is 3.14. The van der Waals surface area contributed by atoms with Gasteiger partial charge in [0.25, 0.3) is 0 Å². The van der Waals surface area contributed by atoms with Gasteiger partial charge < -0.3 is 15.8 Å². The number of ether oxygens (including phenoxy) is 1. The van der Waals surface area contributed by atoms with E-state index in [1.54, 1.807) is 0 Å². The molecule has 0 radical (unpaired) electrons. The molecule has 0 aliphatic carbocycles. The van der Waals surface area contributed by atoms with Gasteiger partial charge in [-0.1, -0.05) is 13.3 Å². The van der Waals surface area contributed by atoms with Crippen molar-refractivity contribution >= 4 is 5.91 Å². The summed E-state index contributed by atoms with van der Waals surface area (Å²) >= 11 is 0. The molecule has 1 aliphatic heterocycles. The van der Waals surface area contributed by atoms with Crippen LogP contribution in [0.25, 0.3) is 0 Å². The van der Waals surface area contributed by atoms with Crippen molar-refractivity contribution in [1.82, 2.24) is 5.32 Å². The monoisotopic (exact) mass is 214 g/mol. The number of rotatable bonds is 4. The summed E-state index contributed by atoms with van der Waals surface area (Å²) in [5, 5.41) is 2.99. The molecule has 15 heavy (non-hydrogen) atoms. The molecule has 1 fully saturated rings. The van der Waals surface area contributed by atoms with Crippen molar-refractivity contribution in [2.24, 2.45) is 11.1 Å². The number of carbonyl (C=O) groups excluding carboxylic acids is 1. The largest absolute Gasteiger partial charge is 0.379 e. The Bertz CT molecular complexity index is 233. The first-order valence-corrected chi connectivity index (χ1v) is 5.65. The Hall–Kier alpha value is -0.610. The van der Waals surface area contributed by atoms with Gasteiger partial charge in [-0.2, -0.15) is 0 Å². The first-order chi connectivity index (χ1) is 7.00. The molecule has 0 bridgehead atoms. The maximum atomic E-state index is 12.0. The molecule has 1 heterocycles. The second-order valence-corrected chi connectivity index (χ2v) is 4.70. The molecule has 88 valence electrons. The van der Waals surface area contributed by atoms with Crippen molar-refractivity contribution in [2.75, 3.05) is 13.2 Å². The van der Waals surface area contributed by atoms with E-state index in [4.69, 9.17) is 10.5 Å². The third kappa shape index (κ3) is 2.69. The molecule has 1 aliphatic rings. The zero-order valence-corrected chi connectivity index (χ0v) is 9.88. The molecule has 4 heteroatoms. The van der Waals surface area contributed by atoms with E-state index in [2.05, 4.69) is 12.2 Å². The Labute approximate surface area is 91.5 Å². The lowest BCUT2D eigenvalue weighted by Gasteiger charge is -2.27. The molecule has 0 aromatic rings. The summed E-state index contributed by atoms with van der Waals surface area (Å²) in [6.45, 7) is 6.91. The highest BCUT2D eigenvalue weighted by Gasteiger charge is 2.44. The van der Waals surface area contributed by atoms with Crippen LogP contribution < -0.4 is 11.1 Å². The minimum Gasteiger partial charge on any atom is -0.379 e. The minimum absolute atomic E-state index is 0.0217.